The van der Waals surface area contributed by atoms with E-state index in [2.05, 4.69) is 26.1 Å². The summed E-state index contributed by atoms with van der Waals surface area (Å²) >= 11 is 11.3. The van der Waals surface area contributed by atoms with Crippen LogP contribution in [0.1, 0.15) is 6.42 Å². The summed E-state index contributed by atoms with van der Waals surface area (Å²) < 4.78 is 8.21. The van der Waals surface area contributed by atoms with Gasteiger partial charge in [-0.3, -0.25) is 4.57 Å². The monoisotopic (exact) mass is 453 g/mol. The molecular weight excluding hydrogens is 438 g/mol. The fourth-order valence-electron chi connectivity index (χ4n) is 2.40. The number of aliphatic hydroxyl groups excluding tert-OH is 1. The Morgan fingerprint density at radius 2 is 1.96 bits per heavy atom. The van der Waals surface area contributed by atoms with Crippen LogP contribution >= 0.6 is 39.3 Å². The largest absolute Gasteiger partial charge is 0.495 e. The van der Waals surface area contributed by atoms with Crippen LogP contribution in [0.2, 0.25) is 5.02 Å². The van der Waals surface area contributed by atoms with Crippen LogP contribution in [0.25, 0.3) is 17.1 Å². The van der Waals surface area contributed by atoms with Gasteiger partial charge in [0.1, 0.15) is 5.75 Å². The Hall–Kier alpha value is -1.54. The van der Waals surface area contributed by atoms with Gasteiger partial charge in [0.2, 0.25) is 0 Å². The Kier molecular flexibility index (Phi) is 6.58. The van der Waals surface area contributed by atoms with Crippen LogP contribution < -0.4 is 4.74 Å². The molecule has 1 aromatic heterocycles. The second-order valence-corrected chi connectivity index (χ2v) is 7.78. The van der Waals surface area contributed by atoms with Gasteiger partial charge in [-0.15, -0.1) is 10.2 Å². The van der Waals surface area contributed by atoms with Crippen molar-refractivity contribution in [2.24, 2.45) is 0 Å². The number of methoxy groups -OCH3 is 1. The number of ether oxygens (including phenoxy) is 1. The summed E-state index contributed by atoms with van der Waals surface area (Å²) in [5, 5.41) is 19.0. The maximum atomic E-state index is 9.04. The standard InChI is InChI=1S/C18H17BrClN3O2S/c1-25-16-8-7-14(11-15(16)20)23-17(12-3-5-13(19)6-4-12)21-22-18(23)26-10-2-9-24/h3-8,11,24H,2,9-10H2,1H3. The van der Waals surface area contributed by atoms with Crippen LogP contribution in [0.15, 0.2) is 52.1 Å². The Morgan fingerprint density at radius 3 is 2.62 bits per heavy atom. The lowest BCUT2D eigenvalue weighted by Gasteiger charge is -2.12. The average Bonchev–Trinajstić information content (AvgIpc) is 3.06. The van der Waals surface area contributed by atoms with Crippen molar-refractivity contribution in [1.82, 2.24) is 14.8 Å². The fourth-order valence-corrected chi connectivity index (χ4v) is 3.80. The molecule has 0 fully saturated rings. The SMILES string of the molecule is COc1ccc(-n2c(SCCCO)nnc2-c2ccc(Br)cc2)cc1Cl. The highest BCUT2D eigenvalue weighted by molar-refractivity contribution is 9.10. The molecule has 0 aliphatic heterocycles. The second-order valence-electron chi connectivity index (χ2n) is 5.39. The molecule has 0 aliphatic rings. The predicted molar refractivity (Wildman–Crippen MR) is 108 cm³/mol. The first-order valence-electron chi connectivity index (χ1n) is 7.93. The minimum atomic E-state index is 0.148. The van der Waals surface area contributed by atoms with E-state index in [9.17, 15) is 0 Å². The molecule has 0 saturated carbocycles. The number of rotatable bonds is 7. The number of aliphatic hydroxyl groups is 1. The van der Waals surface area contributed by atoms with Gasteiger partial charge in [-0.2, -0.15) is 0 Å². The lowest BCUT2D eigenvalue weighted by molar-refractivity contribution is 0.296. The summed E-state index contributed by atoms with van der Waals surface area (Å²) in [6, 6.07) is 13.5. The third-order valence-electron chi connectivity index (χ3n) is 3.66. The smallest absolute Gasteiger partial charge is 0.196 e. The van der Waals surface area contributed by atoms with Crippen molar-refractivity contribution >= 4 is 39.3 Å². The zero-order chi connectivity index (χ0) is 18.5. The Balaban J connectivity index is 2.08. The van der Waals surface area contributed by atoms with E-state index in [0.717, 1.165) is 32.5 Å². The summed E-state index contributed by atoms with van der Waals surface area (Å²) in [5.41, 5.74) is 1.80. The van der Waals surface area contributed by atoms with E-state index in [4.69, 9.17) is 21.4 Å². The summed E-state index contributed by atoms with van der Waals surface area (Å²) in [4.78, 5) is 0. The van der Waals surface area contributed by atoms with Crippen molar-refractivity contribution in [3.05, 3.63) is 52.0 Å². The molecule has 26 heavy (non-hydrogen) atoms. The van der Waals surface area contributed by atoms with Gasteiger partial charge in [-0.25, -0.2) is 0 Å². The van der Waals surface area contributed by atoms with Crippen LogP contribution in [0.3, 0.4) is 0 Å². The van der Waals surface area contributed by atoms with Gasteiger partial charge in [0.25, 0.3) is 0 Å². The van der Waals surface area contributed by atoms with Crippen molar-refractivity contribution in [2.75, 3.05) is 19.5 Å². The minimum Gasteiger partial charge on any atom is -0.495 e. The van der Waals surface area contributed by atoms with E-state index < -0.39 is 0 Å². The number of aromatic nitrogens is 3. The van der Waals surface area contributed by atoms with Crippen molar-refractivity contribution < 1.29 is 9.84 Å². The molecule has 0 radical (unpaired) electrons. The number of halogens is 2. The molecule has 1 N–H and O–H groups in total. The number of hydrogen-bond acceptors (Lipinski definition) is 5. The average molecular weight is 455 g/mol. The first-order chi connectivity index (χ1) is 12.6. The Bertz CT molecular complexity index is 887. The molecule has 8 heteroatoms. The Labute approximate surface area is 169 Å². The molecule has 0 unspecified atom stereocenters. The highest BCUT2D eigenvalue weighted by atomic mass is 79.9. The zero-order valence-electron chi connectivity index (χ0n) is 14.0. The molecule has 0 bridgehead atoms. The van der Waals surface area contributed by atoms with Gasteiger partial charge in [-0.05, 0) is 36.8 Å². The van der Waals surface area contributed by atoms with E-state index in [0.29, 0.717) is 17.2 Å². The number of hydrogen-bond donors (Lipinski definition) is 1. The summed E-state index contributed by atoms with van der Waals surface area (Å²) in [7, 11) is 1.59. The molecule has 1 heterocycles. The lowest BCUT2D eigenvalue weighted by Crippen LogP contribution is -2.01. The maximum Gasteiger partial charge on any atom is 0.196 e. The molecule has 136 valence electrons. The first kappa shape index (κ1) is 19.2. The van der Waals surface area contributed by atoms with Crippen LogP contribution in [0.5, 0.6) is 5.75 Å². The van der Waals surface area contributed by atoms with Crippen LogP contribution in [0, 0.1) is 0 Å². The molecule has 0 amide bonds. The van der Waals surface area contributed by atoms with Gasteiger partial charge in [0, 0.05) is 22.4 Å². The number of thioether (sulfide) groups is 1. The zero-order valence-corrected chi connectivity index (χ0v) is 17.2. The molecule has 0 saturated heterocycles. The van der Waals surface area contributed by atoms with Gasteiger partial charge < -0.3 is 9.84 Å². The fraction of sp³-hybridized carbons (Fsp3) is 0.222. The Morgan fingerprint density at radius 1 is 1.19 bits per heavy atom. The molecule has 3 rings (SSSR count). The van der Waals surface area contributed by atoms with E-state index in [1.807, 2.05) is 47.0 Å². The number of nitrogens with zero attached hydrogens (tertiary/aromatic N) is 3. The predicted octanol–water partition coefficient (Wildman–Crippen LogP) is 4.83. The number of benzene rings is 2. The summed E-state index contributed by atoms with van der Waals surface area (Å²) in [6.07, 6.45) is 0.689. The van der Waals surface area contributed by atoms with Crippen molar-refractivity contribution in [2.45, 2.75) is 11.6 Å². The summed E-state index contributed by atoms with van der Waals surface area (Å²) in [6.45, 7) is 0.148. The maximum absolute atomic E-state index is 9.04. The first-order valence-corrected chi connectivity index (χ1v) is 10.1. The summed E-state index contributed by atoms with van der Waals surface area (Å²) in [5.74, 6) is 2.09. The van der Waals surface area contributed by atoms with Crippen molar-refractivity contribution in [1.29, 1.82) is 0 Å². The van der Waals surface area contributed by atoms with Crippen molar-refractivity contribution in [3.63, 3.8) is 0 Å². The molecule has 0 atom stereocenters. The molecule has 0 spiro atoms. The second kappa shape index (κ2) is 8.90. The van der Waals surface area contributed by atoms with Gasteiger partial charge in [0.15, 0.2) is 11.0 Å². The van der Waals surface area contributed by atoms with Gasteiger partial charge in [-0.1, -0.05) is 51.4 Å². The van der Waals surface area contributed by atoms with Crippen LogP contribution in [0.4, 0.5) is 0 Å². The highest BCUT2D eigenvalue weighted by Gasteiger charge is 2.17. The molecule has 3 aromatic rings. The minimum absolute atomic E-state index is 0.148. The topological polar surface area (TPSA) is 60.2 Å². The molecule has 2 aromatic carbocycles. The van der Waals surface area contributed by atoms with Crippen molar-refractivity contribution in [3.8, 4) is 22.8 Å². The third kappa shape index (κ3) is 4.23. The quantitative estimate of drug-likeness (QED) is 0.409. The van der Waals surface area contributed by atoms with Crippen LogP contribution in [-0.2, 0) is 0 Å². The van der Waals surface area contributed by atoms with Gasteiger partial charge >= 0.3 is 0 Å². The van der Waals surface area contributed by atoms with E-state index in [-0.39, 0.29) is 6.61 Å². The lowest BCUT2D eigenvalue weighted by atomic mass is 10.2. The third-order valence-corrected chi connectivity index (χ3v) is 5.50. The van der Waals surface area contributed by atoms with E-state index in [1.54, 1.807) is 18.9 Å². The van der Waals surface area contributed by atoms with E-state index >= 15 is 0 Å². The van der Waals surface area contributed by atoms with E-state index in [1.165, 1.54) is 0 Å². The molecule has 0 aliphatic carbocycles. The molecular formula is C18H17BrClN3O2S. The highest BCUT2D eigenvalue weighted by Crippen LogP contribution is 2.32. The van der Waals surface area contributed by atoms with Gasteiger partial charge in [0.05, 0.1) is 17.8 Å². The molecule has 5 nitrogen and oxygen atoms in total. The normalized spacial score (nSPS) is 10.9. The van der Waals surface area contributed by atoms with Crippen LogP contribution in [-0.4, -0.2) is 39.3 Å².